The summed E-state index contributed by atoms with van der Waals surface area (Å²) in [6.45, 7) is 4.08. The minimum absolute atomic E-state index is 0.536. The Balaban J connectivity index is 1.72. The number of hydrogen-bond donors (Lipinski definition) is 1. The molecule has 1 saturated carbocycles. The van der Waals surface area contributed by atoms with Crippen molar-refractivity contribution in [1.29, 1.82) is 0 Å². The van der Waals surface area contributed by atoms with E-state index in [1.807, 2.05) is 0 Å². The maximum absolute atomic E-state index is 5.78. The van der Waals surface area contributed by atoms with E-state index in [0.29, 0.717) is 6.10 Å². The molecule has 0 aliphatic heterocycles. The smallest absolute Gasteiger partial charge is 0.0581 e. The fourth-order valence-corrected chi connectivity index (χ4v) is 2.31. The Morgan fingerprint density at radius 3 is 2.25 bits per heavy atom. The first-order valence-electron chi connectivity index (χ1n) is 7.18. The highest BCUT2D eigenvalue weighted by molar-refractivity contribution is 4.80. The molecule has 0 aromatic rings. The fourth-order valence-electron chi connectivity index (χ4n) is 2.31. The van der Waals surface area contributed by atoms with Gasteiger partial charge >= 0.3 is 0 Å². The molecule has 1 aliphatic rings. The SMILES string of the molecule is CCCCCCCCCOC1CC(CN)C1. The predicted octanol–water partition coefficient (Wildman–Crippen LogP) is 3.49. The molecular weight excluding hydrogens is 198 g/mol. The molecule has 0 unspecified atom stereocenters. The first kappa shape index (κ1) is 14.0. The molecule has 2 heteroatoms. The third-order valence-electron chi connectivity index (χ3n) is 3.63. The third kappa shape index (κ3) is 5.86. The topological polar surface area (TPSA) is 35.2 Å². The summed E-state index contributed by atoms with van der Waals surface area (Å²) in [5.41, 5.74) is 5.57. The van der Waals surface area contributed by atoms with Gasteiger partial charge in [0.1, 0.15) is 0 Å². The summed E-state index contributed by atoms with van der Waals surface area (Å²) in [4.78, 5) is 0. The Bertz CT molecular complexity index is 155. The second kappa shape index (κ2) is 9.00. The van der Waals surface area contributed by atoms with Gasteiger partial charge in [0.25, 0.3) is 0 Å². The lowest BCUT2D eigenvalue weighted by molar-refractivity contribution is -0.0291. The summed E-state index contributed by atoms with van der Waals surface area (Å²) in [5.74, 6) is 0.749. The van der Waals surface area contributed by atoms with Crippen LogP contribution in [-0.4, -0.2) is 19.3 Å². The molecule has 96 valence electrons. The Kier molecular flexibility index (Phi) is 7.87. The van der Waals surface area contributed by atoms with Gasteiger partial charge in [-0.25, -0.2) is 0 Å². The number of ether oxygens (including phenoxy) is 1. The van der Waals surface area contributed by atoms with Crippen molar-refractivity contribution in [2.45, 2.75) is 70.8 Å². The van der Waals surface area contributed by atoms with Crippen LogP contribution in [0.25, 0.3) is 0 Å². The zero-order valence-corrected chi connectivity index (χ0v) is 10.9. The van der Waals surface area contributed by atoms with Gasteiger partial charge in [0.15, 0.2) is 0 Å². The summed E-state index contributed by atoms with van der Waals surface area (Å²) in [7, 11) is 0. The summed E-state index contributed by atoms with van der Waals surface area (Å²) in [6.07, 6.45) is 12.5. The second-order valence-corrected chi connectivity index (χ2v) is 5.19. The van der Waals surface area contributed by atoms with Crippen LogP contribution in [0.1, 0.15) is 64.7 Å². The molecule has 0 aromatic carbocycles. The molecule has 0 heterocycles. The van der Waals surface area contributed by atoms with Gasteiger partial charge in [0.05, 0.1) is 6.10 Å². The molecule has 0 radical (unpaired) electrons. The van der Waals surface area contributed by atoms with Crippen molar-refractivity contribution in [2.24, 2.45) is 11.7 Å². The van der Waals surface area contributed by atoms with Gasteiger partial charge < -0.3 is 10.5 Å². The van der Waals surface area contributed by atoms with Gasteiger partial charge in [-0.05, 0) is 31.7 Å². The lowest BCUT2D eigenvalue weighted by Crippen LogP contribution is -2.36. The molecule has 1 fully saturated rings. The quantitative estimate of drug-likeness (QED) is 0.580. The molecule has 0 spiro atoms. The first-order valence-corrected chi connectivity index (χ1v) is 7.18. The molecule has 0 saturated heterocycles. The van der Waals surface area contributed by atoms with Gasteiger partial charge in [-0.3, -0.25) is 0 Å². The number of rotatable bonds is 10. The van der Waals surface area contributed by atoms with Crippen molar-refractivity contribution in [3.05, 3.63) is 0 Å². The fraction of sp³-hybridized carbons (Fsp3) is 1.00. The van der Waals surface area contributed by atoms with Crippen molar-refractivity contribution in [3.8, 4) is 0 Å². The Labute approximate surface area is 101 Å². The predicted molar refractivity (Wildman–Crippen MR) is 69.5 cm³/mol. The van der Waals surface area contributed by atoms with Crippen LogP contribution in [-0.2, 0) is 4.74 Å². The van der Waals surface area contributed by atoms with Crippen LogP contribution in [0.5, 0.6) is 0 Å². The van der Waals surface area contributed by atoms with E-state index in [2.05, 4.69) is 6.92 Å². The molecule has 0 aromatic heterocycles. The molecule has 2 nitrogen and oxygen atoms in total. The van der Waals surface area contributed by atoms with Crippen LogP contribution in [0.2, 0.25) is 0 Å². The van der Waals surface area contributed by atoms with Crippen LogP contribution in [0.15, 0.2) is 0 Å². The number of hydrogen-bond acceptors (Lipinski definition) is 2. The van der Waals surface area contributed by atoms with E-state index in [1.165, 1.54) is 57.8 Å². The van der Waals surface area contributed by atoms with Crippen molar-refractivity contribution in [2.75, 3.05) is 13.2 Å². The normalized spacial score (nSPS) is 24.4. The lowest BCUT2D eigenvalue weighted by Gasteiger charge is -2.34. The summed E-state index contributed by atoms with van der Waals surface area (Å²) < 4.78 is 5.78. The minimum Gasteiger partial charge on any atom is -0.378 e. The van der Waals surface area contributed by atoms with Crippen molar-refractivity contribution in [3.63, 3.8) is 0 Å². The van der Waals surface area contributed by atoms with E-state index in [4.69, 9.17) is 10.5 Å². The van der Waals surface area contributed by atoms with E-state index >= 15 is 0 Å². The Hall–Kier alpha value is -0.0800. The molecule has 0 bridgehead atoms. The zero-order chi connectivity index (χ0) is 11.6. The van der Waals surface area contributed by atoms with Gasteiger partial charge in [-0.2, -0.15) is 0 Å². The lowest BCUT2D eigenvalue weighted by atomic mass is 9.82. The van der Waals surface area contributed by atoms with Gasteiger partial charge in [-0.1, -0.05) is 45.4 Å². The Morgan fingerprint density at radius 1 is 1.00 bits per heavy atom. The second-order valence-electron chi connectivity index (χ2n) is 5.19. The van der Waals surface area contributed by atoms with Crippen LogP contribution in [0.3, 0.4) is 0 Å². The van der Waals surface area contributed by atoms with Crippen LogP contribution in [0.4, 0.5) is 0 Å². The van der Waals surface area contributed by atoms with Gasteiger partial charge in [-0.15, -0.1) is 0 Å². The largest absolute Gasteiger partial charge is 0.378 e. The molecule has 0 atom stereocenters. The van der Waals surface area contributed by atoms with Gasteiger partial charge in [0, 0.05) is 6.61 Å². The molecular formula is C14H29NO. The third-order valence-corrected chi connectivity index (χ3v) is 3.63. The van der Waals surface area contributed by atoms with Gasteiger partial charge in [0.2, 0.25) is 0 Å². The van der Waals surface area contributed by atoms with E-state index in [9.17, 15) is 0 Å². The van der Waals surface area contributed by atoms with E-state index in [-0.39, 0.29) is 0 Å². The number of unbranched alkanes of at least 4 members (excludes halogenated alkanes) is 6. The average Bonchev–Trinajstić information content (AvgIpc) is 2.24. The minimum atomic E-state index is 0.536. The van der Waals surface area contributed by atoms with Crippen LogP contribution < -0.4 is 5.73 Å². The highest BCUT2D eigenvalue weighted by Crippen LogP contribution is 2.29. The highest BCUT2D eigenvalue weighted by atomic mass is 16.5. The maximum Gasteiger partial charge on any atom is 0.0581 e. The van der Waals surface area contributed by atoms with E-state index in [0.717, 1.165) is 19.1 Å². The molecule has 0 amide bonds. The first-order chi connectivity index (χ1) is 7.86. The average molecular weight is 227 g/mol. The van der Waals surface area contributed by atoms with Crippen LogP contribution >= 0.6 is 0 Å². The zero-order valence-electron chi connectivity index (χ0n) is 10.9. The van der Waals surface area contributed by atoms with E-state index < -0.39 is 0 Å². The highest BCUT2D eigenvalue weighted by Gasteiger charge is 2.28. The maximum atomic E-state index is 5.78. The molecule has 16 heavy (non-hydrogen) atoms. The molecule has 2 N–H and O–H groups in total. The van der Waals surface area contributed by atoms with Crippen molar-refractivity contribution >= 4 is 0 Å². The summed E-state index contributed by atoms with van der Waals surface area (Å²) >= 11 is 0. The summed E-state index contributed by atoms with van der Waals surface area (Å²) in [6, 6.07) is 0. The standard InChI is InChI=1S/C14H29NO/c1-2-3-4-5-6-7-8-9-16-14-10-13(11-14)12-15/h13-14H,2-12,15H2,1H3. The number of nitrogens with two attached hydrogens (primary N) is 1. The monoisotopic (exact) mass is 227 g/mol. The van der Waals surface area contributed by atoms with Crippen molar-refractivity contribution in [1.82, 2.24) is 0 Å². The van der Waals surface area contributed by atoms with E-state index in [1.54, 1.807) is 0 Å². The molecule has 1 aliphatic carbocycles. The molecule has 1 rings (SSSR count). The summed E-state index contributed by atoms with van der Waals surface area (Å²) in [5, 5.41) is 0. The van der Waals surface area contributed by atoms with Crippen LogP contribution in [0, 0.1) is 5.92 Å². The Morgan fingerprint density at radius 2 is 1.62 bits per heavy atom. The van der Waals surface area contributed by atoms with Crippen molar-refractivity contribution < 1.29 is 4.74 Å².